The van der Waals surface area contributed by atoms with Crippen LogP contribution >= 0.6 is 0 Å². The summed E-state index contributed by atoms with van der Waals surface area (Å²) in [6.07, 6.45) is 0.963. The second-order valence-electron chi connectivity index (χ2n) is 4.24. The van der Waals surface area contributed by atoms with Crippen LogP contribution < -0.4 is 0 Å². The van der Waals surface area contributed by atoms with E-state index in [4.69, 9.17) is 10.4 Å². The molecule has 1 aromatic carbocycles. The number of carboxylic acid groups (broad SMARTS) is 1. The maximum atomic E-state index is 10.8. The van der Waals surface area contributed by atoms with E-state index in [0.717, 1.165) is 6.42 Å². The van der Waals surface area contributed by atoms with Crippen molar-refractivity contribution in [2.75, 3.05) is 0 Å². The molecule has 1 atom stereocenters. The number of aliphatic carboxylic acids is 1. The van der Waals surface area contributed by atoms with Crippen LogP contribution in [-0.2, 0) is 11.2 Å². The lowest BCUT2D eigenvalue weighted by atomic mass is 9.97. The number of carboxylic acids is 1. The maximum absolute atomic E-state index is 10.8. The zero-order valence-corrected chi connectivity index (χ0v) is 9.47. The quantitative estimate of drug-likeness (QED) is 0.843. The zero-order chi connectivity index (χ0) is 12.1. The molecule has 0 aromatic heterocycles. The Hall–Kier alpha value is -1.82. The third-order valence-corrected chi connectivity index (χ3v) is 2.33. The van der Waals surface area contributed by atoms with Crippen molar-refractivity contribution in [3.05, 3.63) is 35.4 Å². The summed E-state index contributed by atoms with van der Waals surface area (Å²) in [5.41, 5.74) is 1.71. The molecule has 0 radical (unpaired) electrons. The fourth-order valence-electron chi connectivity index (χ4n) is 1.59. The second kappa shape index (κ2) is 5.32. The van der Waals surface area contributed by atoms with Crippen molar-refractivity contribution in [3.63, 3.8) is 0 Å². The van der Waals surface area contributed by atoms with Crippen molar-refractivity contribution in [1.82, 2.24) is 0 Å². The van der Waals surface area contributed by atoms with Gasteiger partial charge >= 0.3 is 5.97 Å². The molecule has 1 aromatic rings. The van der Waals surface area contributed by atoms with E-state index in [1.807, 2.05) is 12.1 Å². The highest BCUT2D eigenvalue weighted by molar-refractivity contribution is 5.79. The lowest BCUT2D eigenvalue weighted by molar-refractivity contribution is -0.137. The third kappa shape index (κ3) is 3.09. The summed E-state index contributed by atoms with van der Waals surface area (Å²) in [6, 6.07) is 9.01. The molecule has 0 aliphatic rings. The Bertz CT molecular complexity index is 401. The molecule has 0 spiro atoms. The highest BCUT2D eigenvalue weighted by atomic mass is 16.4. The van der Waals surface area contributed by atoms with Crippen molar-refractivity contribution in [2.45, 2.75) is 26.2 Å². The minimum absolute atomic E-state index is 0.544. The van der Waals surface area contributed by atoms with Crippen LogP contribution in [0.25, 0.3) is 0 Å². The minimum Gasteiger partial charge on any atom is -0.480 e. The molecule has 0 fully saturated rings. The molecule has 0 heterocycles. The van der Waals surface area contributed by atoms with Crippen LogP contribution in [-0.4, -0.2) is 11.1 Å². The van der Waals surface area contributed by atoms with E-state index >= 15 is 0 Å². The average Bonchev–Trinajstić information content (AvgIpc) is 2.20. The molecule has 0 bridgehead atoms. The third-order valence-electron chi connectivity index (χ3n) is 2.33. The molecule has 1 N–H and O–H groups in total. The van der Waals surface area contributed by atoms with Crippen LogP contribution in [0.1, 0.15) is 30.9 Å². The molecule has 0 amide bonds. The van der Waals surface area contributed by atoms with Crippen molar-refractivity contribution in [2.24, 2.45) is 5.92 Å². The first-order valence-corrected chi connectivity index (χ1v) is 5.26. The van der Waals surface area contributed by atoms with Gasteiger partial charge in [0.2, 0.25) is 0 Å². The van der Waals surface area contributed by atoms with E-state index < -0.39 is 11.9 Å². The van der Waals surface area contributed by atoms with Crippen LogP contribution in [0.5, 0.6) is 0 Å². The summed E-state index contributed by atoms with van der Waals surface area (Å²) in [7, 11) is 0. The van der Waals surface area contributed by atoms with Gasteiger partial charge in [-0.05, 0) is 23.5 Å². The summed E-state index contributed by atoms with van der Waals surface area (Å²) in [6.45, 7) is 4.26. The standard InChI is InChI=1S/C13H15NO2/c1-9(2)7-10-3-5-11(6-4-10)12(8-14)13(15)16/h3-6,9,12H,7H2,1-2H3,(H,15,16). The molecule has 0 aliphatic carbocycles. The van der Waals surface area contributed by atoms with Gasteiger partial charge in [-0.1, -0.05) is 38.1 Å². The fraction of sp³-hybridized carbons (Fsp3) is 0.385. The number of hydrogen-bond acceptors (Lipinski definition) is 2. The molecular weight excluding hydrogens is 202 g/mol. The van der Waals surface area contributed by atoms with Gasteiger partial charge in [-0.15, -0.1) is 0 Å². The van der Waals surface area contributed by atoms with Crippen molar-refractivity contribution < 1.29 is 9.90 Å². The van der Waals surface area contributed by atoms with E-state index in [1.165, 1.54) is 5.56 Å². The largest absolute Gasteiger partial charge is 0.480 e. The van der Waals surface area contributed by atoms with Crippen LogP contribution in [0.2, 0.25) is 0 Å². The minimum atomic E-state index is -1.10. The highest BCUT2D eigenvalue weighted by Gasteiger charge is 2.18. The van der Waals surface area contributed by atoms with E-state index in [1.54, 1.807) is 18.2 Å². The predicted molar refractivity (Wildman–Crippen MR) is 61.0 cm³/mol. The molecule has 0 saturated carbocycles. The summed E-state index contributed by atoms with van der Waals surface area (Å²) in [4.78, 5) is 10.8. The Morgan fingerprint density at radius 1 is 1.38 bits per heavy atom. The van der Waals surface area contributed by atoms with Gasteiger partial charge in [0.25, 0.3) is 0 Å². The average molecular weight is 217 g/mol. The lowest BCUT2D eigenvalue weighted by Crippen LogP contribution is -2.09. The van der Waals surface area contributed by atoms with Crippen LogP contribution in [0, 0.1) is 17.2 Å². The first kappa shape index (κ1) is 12.3. The molecule has 0 saturated heterocycles. The first-order valence-electron chi connectivity index (χ1n) is 5.26. The normalized spacial score (nSPS) is 12.1. The maximum Gasteiger partial charge on any atom is 0.325 e. The smallest absolute Gasteiger partial charge is 0.325 e. The summed E-state index contributed by atoms with van der Waals surface area (Å²) >= 11 is 0. The van der Waals surface area contributed by atoms with Gasteiger partial charge in [-0.2, -0.15) is 5.26 Å². The predicted octanol–water partition coefficient (Wildman–Crippen LogP) is 2.58. The van der Waals surface area contributed by atoms with Gasteiger partial charge in [0.15, 0.2) is 5.92 Å². The number of nitrogens with zero attached hydrogens (tertiary/aromatic N) is 1. The Morgan fingerprint density at radius 3 is 2.31 bits per heavy atom. The van der Waals surface area contributed by atoms with Gasteiger partial charge in [0.1, 0.15) is 0 Å². The van der Waals surface area contributed by atoms with Crippen LogP contribution in [0.15, 0.2) is 24.3 Å². The van der Waals surface area contributed by atoms with E-state index in [-0.39, 0.29) is 0 Å². The summed E-state index contributed by atoms with van der Waals surface area (Å²) < 4.78 is 0. The molecule has 3 heteroatoms. The summed E-state index contributed by atoms with van der Waals surface area (Å²) in [5.74, 6) is -1.59. The monoisotopic (exact) mass is 217 g/mol. The molecule has 0 aliphatic heterocycles. The Kier molecular flexibility index (Phi) is 4.07. The highest BCUT2D eigenvalue weighted by Crippen LogP contribution is 2.17. The SMILES string of the molecule is CC(C)Cc1ccc(C(C#N)C(=O)O)cc1. The molecule has 3 nitrogen and oxygen atoms in total. The Morgan fingerprint density at radius 2 is 1.94 bits per heavy atom. The molecule has 1 unspecified atom stereocenters. The van der Waals surface area contributed by atoms with E-state index in [2.05, 4.69) is 13.8 Å². The van der Waals surface area contributed by atoms with Gasteiger partial charge in [-0.25, -0.2) is 0 Å². The lowest BCUT2D eigenvalue weighted by Gasteiger charge is -2.07. The van der Waals surface area contributed by atoms with Crippen LogP contribution in [0.4, 0.5) is 0 Å². The summed E-state index contributed by atoms with van der Waals surface area (Å²) in [5, 5.41) is 17.6. The van der Waals surface area contributed by atoms with Crippen molar-refractivity contribution in [3.8, 4) is 6.07 Å². The molecule has 16 heavy (non-hydrogen) atoms. The van der Waals surface area contributed by atoms with Gasteiger partial charge < -0.3 is 5.11 Å². The fourth-order valence-corrected chi connectivity index (χ4v) is 1.59. The molecule has 84 valence electrons. The zero-order valence-electron chi connectivity index (χ0n) is 9.47. The van der Waals surface area contributed by atoms with E-state index in [9.17, 15) is 4.79 Å². The molecule has 1 rings (SSSR count). The number of rotatable bonds is 4. The number of hydrogen-bond donors (Lipinski definition) is 1. The van der Waals surface area contributed by atoms with Crippen molar-refractivity contribution in [1.29, 1.82) is 5.26 Å². The Balaban J connectivity index is 2.86. The number of nitriles is 1. The van der Waals surface area contributed by atoms with Crippen molar-refractivity contribution >= 4 is 5.97 Å². The van der Waals surface area contributed by atoms with Crippen LogP contribution in [0.3, 0.4) is 0 Å². The molecular formula is C13H15NO2. The Labute approximate surface area is 95.3 Å². The topological polar surface area (TPSA) is 61.1 Å². The van der Waals surface area contributed by atoms with Gasteiger partial charge in [0, 0.05) is 0 Å². The number of carbonyl (C=O) groups is 1. The number of benzene rings is 1. The van der Waals surface area contributed by atoms with E-state index in [0.29, 0.717) is 11.5 Å². The van der Waals surface area contributed by atoms with Gasteiger partial charge in [-0.3, -0.25) is 4.79 Å². The van der Waals surface area contributed by atoms with Gasteiger partial charge in [0.05, 0.1) is 6.07 Å². The first-order chi connectivity index (χ1) is 7.54. The second-order valence-corrected chi connectivity index (χ2v) is 4.24.